The van der Waals surface area contributed by atoms with Gasteiger partial charge in [0, 0.05) is 12.1 Å². The first-order valence-corrected chi connectivity index (χ1v) is 11.0. The number of aromatic nitrogens is 4. The fourth-order valence-electron chi connectivity index (χ4n) is 3.19. The predicted molar refractivity (Wildman–Crippen MR) is 123 cm³/mol. The van der Waals surface area contributed by atoms with Crippen molar-refractivity contribution in [2.24, 2.45) is 0 Å². The first-order chi connectivity index (χ1) is 15.7. The van der Waals surface area contributed by atoms with Crippen molar-refractivity contribution in [1.29, 1.82) is 0 Å². The van der Waals surface area contributed by atoms with Gasteiger partial charge in [0.05, 0.1) is 20.0 Å². The molecule has 0 spiro atoms. The number of benzene rings is 2. The van der Waals surface area contributed by atoms with Crippen LogP contribution in [0, 0.1) is 0 Å². The molecule has 2 heterocycles. The molecule has 1 N–H and O–H groups in total. The number of carbonyl (C=O) groups excluding carboxylic acids is 1. The molecule has 2 aromatic heterocycles. The van der Waals surface area contributed by atoms with Gasteiger partial charge in [0.1, 0.15) is 5.03 Å². The zero-order valence-corrected chi connectivity index (χ0v) is 18.6. The van der Waals surface area contributed by atoms with E-state index in [1.54, 1.807) is 18.7 Å². The molecule has 0 aliphatic rings. The first kappa shape index (κ1) is 21.6. The van der Waals surface area contributed by atoms with E-state index in [0.717, 1.165) is 12.0 Å². The second-order valence-electron chi connectivity index (χ2n) is 6.91. The van der Waals surface area contributed by atoms with Gasteiger partial charge in [-0.1, -0.05) is 42.1 Å². The summed E-state index contributed by atoms with van der Waals surface area (Å²) in [5, 5.41) is 16.7. The maximum absolute atomic E-state index is 12.2. The second kappa shape index (κ2) is 10.1. The van der Waals surface area contributed by atoms with Gasteiger partial charge in [-0.25, -0.2) is 0 Å². The quantitative estimate of drug-likeness (QED) is 0.392. The van der Waals surface area contributed by atoms with Crippen molar-refractivity contribution in [1.82, 2.24) is 25.1 Å². The van der Waals surface area contributed by atoms with Crippen LogP contribution in [0.5, 0.6) is 11.5 Å². The third-order valence-corrected chi connectivity index (χ3v) is 5.73. The molecule has 0 unspecified atom stereocenters. The minimum absolute atomic E-state index is 0.0308. The molecule has 0 aliphatic carbocycles. The minimum atomic E-state index is -0.0308. The lowest BCUT2D eigenvalue weighted by molar-refractivity contribution is -0.118. The monoisotopic (exact) mass is 449 g/mol. The predicted octanol–water partition coefficient (Wildman–Crippen LogP) is 3.26. The Morgan fingerprint density at radius 2 is 1.81 bits per heavy atom. The van der Waals surface area contributed by atoms with Gasteiger partial charge in [0.25, 0.3) is 0 Å². The molecular formula is C23H23N5O3S. The van der Waals surface area contributed by atoms with Gasteiger partial charge >= 0.3 is 0 Å². The minimum Gasteiger partial charge on any atom is -0.493 e. The fourth-order valence-corrected chi connectivity index (χ4v) is 3.87. The van der Waals surface area contributed by atoms with E-state index in [1.807, 2.05) is 48.5 Å². The number of thioether (sulfide) groups is 1. The van der Waals surface area contributed by atoms with Gasteiger partial charge in [-0.3, -0.25) is 4.79 Å². The van der Waals surface area contributed by atoms with Crippen molar-refractivity contribution in [3.63, 3.8) is 0 Å². The number of methoxy groups -OCH3 is 2. The summed E-state index contributed by atoms with van der Waals surface area (Å²) in [4.78, 5) is 12.2. The van der Waals surface area contributed by atoms with Crippen LogP contribution in [0.4, 0.5) is 0 Å². The van der Waals surface area contributed by atoms with Gasteiger partial charge in [-0.15, -0.1) is 10.2 Å². The van der Waals surface area contributed by atoms with E-state index >= 15 is 0 Å². The number of rotatable bonds is 9. The molecule has 1 amide bonds. The molecular weight excluding hydrogens is 426 g/mol. The van der Waals surface area contributed by atoms with Crippen LogP contribution in [0.15, 0.2) is 65.7 Å². The number of ether oxygens (including phenoxy) is 2. The Kier molecular flexibility index (Phi) is 6.86. The molecule has 0 bridgehead atoms. The highest BCUT2D eigenvalue weighted by Crippen LogP contribution is 2.31. The normalized spacial score (nSPS) is 10.8. The topological polar surface area (TPSA) is 90.6 Å². The zero-order valence-electron chi connectivity index (χ0n) is 17.8. The van der Waals surface area contributed by atoms with E-state index in [2.05, 4.69) is 32.7 Å². The second-order valence-corrected chi connectivity index (χ2v) is 7.90. The maximum atomic E-state index is 12.2. The molecule has 9 heteroatoms. The average Bonchev–Trinajstić information content (AvgIpc) is 3.26. The van der Waals surface area contributed by atoms with E-state index in [1.165, 1.54) is 17.3 Å². The molecule has 4 rings (SSSR count). The zero-order chi connectivity index (χ0) is 22.3. The van der Waals surface area contributed by atoms with Crippen LogP contribution in [-0.2, 0) is 11.2 Å². The molecule has 4 aromatic rings. The van der Waals surface area contributed by atoms with Gasteiger partial charge in [0.15, 0.2) is 23.0 Å². The summed E-state index contributed by atoms with van der Waals surface area (Å²) in [5.41, 5.74) is 2.61. The summed E-state index contributed by atoms with van der Waals surface area (Å²) >= 11 is 1.37. The lowest BCUT2D eigenvalue weighted by atomic mass is 10.1. The number of hydrogen-bond donors (Lipinski definition) is 1. The summed E-state index contributed by atoms with van der Waals surface area (Å²) in [6.07, 6.45) is 0.802. The molecule has 0 saturated heterocycles. The number of nitrogens with one attached hydrogen (secondary N) is 1. The van der Waals surface area contributed by atoms with Crippen molar-refractivity contribution in [2.45, 2.75) is 11.4 Å². The van der Waals surface area contributed by atoms with E-state index in [9.17, 15) is 4.79 Å². The van der Waals surface area contributed by atoms with Crippen LogP contribution in [0.25, 0.3) is 17.0 Å². The largest absolute Gasteiger partial charge is 0.493 e. The summed E-state index contributed by atoms with van der Waals surface area (Å²) < 4.78 is 12.3. The highest BCUT2D eigenvalue weighted by molar-refractivity contribution is 7.99. The average molecular weight is 450 g/mol. The summed E-state index contributed by atoms with van der Waals surface area (Å²) in [5.74, 6) is 2.06. The molecule has 8 nitrogen and oxygen atoms in total. The van der Waals surface area contributed by atoms with Crippen molar-refractivity contribution < 1.29 is 14.3 Å². The Morgan fingerprint density at radius 3 is 2.59 bits per heavy atom. The third kappa shape index (κ3) is 5.00. The SMILES string of the molecule is COc1ccc(-c2nnc3ccc(SCC(=O)NCCc4ccccc4)nn23)cc1OC. The van der Waals surface area contributed by atoms with Crippen molar-refractivity contribution in [2.75, 3.05) is 26.5 Å². The Labute approximate surface area is 190 Å². The van der Waals surface area contributed by atoms with Crippen LogP contribution in [-0.4, -0.2) is 52.2 Å². The highest BCUT2D eigenvalue weighted by Gasteiger charge is 2.14. The summed E-state index contributed by atoms with van der Waals surface area (Å²) in [6.45, 7) is 0.602. The fraction of sp³-hybridized carbons (Fsp3) is 0.217. The van der Waals surface area contributed by atoms with Crippen molar-refractivity contribution in [3.8, 4) is 22.9 Å². The molecule has 0 aliphatic heterocycles. The molecule has 2 aromatic carbocycles. The highest BCUT2D eigenvalue weighted by atomic mass is 32.2. The summed E-state index contributed by atoms with van der Waals surface area (Å²) in [7, 11) is 3.17. The lowest BCUT2D eigenvalue weighted by Gasteiger charge is -2.09. The van der Waals surface area contributed by atoms with Gasteiger partial charge < -0.3 is 14.8 Å². The van der Waals surface area contributed by atoms with Crippen LogP contribution in [0.2, 0.25) is 0 Å². The van der Waals surface area contributed by atoms with Crippen molar-refractivity contribution >= 4 is 23.3 Å². The lowest BCUT2D eigenvalue weighted by Crippen LogP contribution is -2.27. The Bertz CT molecular complexity index is 1210. The molecule has 0 fully saturated rings. The van der Waals surface area contributed by atoms with E-state index in [-0.39, 0.29) is 11.7 Å². The molecule has 0 radical (unpaired) electrons. The third-order valence-electron chi connectivity index (χ3n) is 4.81. The number of hydrogen-bond acceptors (Lipinski definition) is 7. The Morgan fingerprint density at radius 1 is 1.00 bits per heavy atom. The van der Waals surface area contributed by atoms with E-state index < -0.39 is 0 Å². The maximum Gasteiger partial charge on any atom is 0.230 e. The Balaban J connectivity index is 1.42. The number of fused-ring (bicyclic) bond motifs is 1. The number of amides is 1. The van der Waals surface area contributed by atoms with Gasteiger partial charge in [0.2, 0.25) is 5.91 Å². The molecule has 32 heavy (non-hydrogen) atoms. The Hall–Kier alpha value is -3.59. The van der Waals surface area contributed by atoms with Crippen LogP contribution >= 0.6 is 11.8 Å². The van der Waals surface area contributed by atoms with Crippen LogP contribution in [0.1, 0.15) is 5.56 Å². The number of carbonyl (C=O) groups is 1. The van der Waals surface area contributed by atoms with Gasteiger partial charge in [-0.2, -0.15) is 9.61 Å². The standard InChI is InChI=1S/C23H23N5O3S/c1-30-18-9-8-17(14-19(18)31-2)23-26-25-20-10-11-22(27-28(20)23)32-15-21(29)24-13-12-16-6-4-3-5-7-16/h3-11,14H,12-13,15H2,1-2H3,(H,24,29). The van der Waals surface area contributed by atoms with E-state index in [0.29, 0.717) is 34.5 Å². The van der Waals surface area contributed by atoms with Crippen LogP contribution in [0.3, 0.4) is 0 Å². The smallest absolute Gasteiger partial charge is 0.230 e. The first-order valence-electron chi connectivity index (χ1n) is 10.1. The number of nitrogens with zero attached hydrogens (tertiary/aromatic N) is 4. The van der Waals surface area contributed by atoms with Gasteiger partial charge in [-0.05, 0) is 42.3 Å². The molecule has 0 saturated carbocycles. The van der Waals surface area contributed by atoms with E-state index in [4.69, 9.17) is 9.47 Å². The summed E-state index contributed by atoms with van der Waals surface area (Å²) in [6, 6.07) is 19.3. The van der Waals surface area contributed by atoms with Crippen LogP contribution < -0.4 is 14.8 Å². The molecule has 164 valence electrons. The molecule has 0 atom stereocenters. The van der Waals surface area contributed by atoms with Crippen molar-refractivity contribution in [3.05, 3.63) is 66.2 Å².